The van der Waals surface area contributed by atoms with Gasteiger partial charge in [0.15, 0.2) is 0 Å². The van der Waals surface area contributed by atoms with Crippen LogP contribution in [0.3, 0.4) is 0 Å². The maximum absolute atomic E-state index is 12.3. The van der Waals surface area contributed by atoms with Gasteiger partial charge in [0.05, 0.1) is 12.6 Å². The lowest BCUT2D eigenvalue weighted by Crippen LogP contribution is -2.40. The van der Waals surface area contributed by atoms with Crippen LogP contribution >= 0.6 is 0 Å². The van der Waals surface area contributed by atoms with E-state index in [1.165, 1.54) is 0 Å². The number of benzene rings is 1. The number of likely N-dealkylation sites (tertiary alicyclic amines) is 1. The molecule has 0 radical (unpaired) electrons. The van der Waals surface area contributed by atoms with E-state index in [4.69, 9.17) is 10.5 Å². The summed E-state index contributed by atoms with van der Waals surface area (Å²) in [7, 11) is 1.73. The van der Waals surface area contributed by atoms with Gasteiger partial charge in [-0.3, -0.25) is 9.69 Å². The number of methoxy groups -OCH3 is 1. The first-order valence-corrected chi connectivity index (χ1v) is 7.47. The first kappa shape index (κ1) is 15.9. The molecule has 1 aromatic rings. The molecule has 1 saturated heterocycles. The molecule has 0 aromatic heterocycles. The van der Waals surface area contributed by atoms with Gasteiger partial charge in [0.2, 0.25) is 5.91 Å². The number of nitrogens with one attached hydrogen (secondary N) is 1. The molecule has 1 aromatic carbocycles. The molecule has 0 spiro atoms. The highest BCUT2D eigenvalue weighted by Gasteiger charge is 2.29. The SMILES string of the molecule is COCC1CCN(C(C)C(=O)Nc2ccc(CN)cc2)C1. The summed E-state index contributed by atoms with van der Waals surface area (Å²) >= 11 is 0. The van der Waals surface area contributed by atoms with Gasteiger partial charge in [-0.1, -0.05) is 12.1 Å². The molecule has 1 aliphatic rings. The Bertz CT molecular complexity index is 461. The summed E-state index contributed by atoms with van der Waals surface area (Å²) in [6, 6.07) is 7.53. The lowest BCUT2D eigenvalue weighted by Gasteiger charge is -2.23. The van der Waals surface area contributed by atoms with E-state index in [0.717, 1.165) is 37.4 Å². The number of hydrogen-bond donors (Lipinski definition) is 2. The molecule has 0 aliphatic carbocycles. The summed E-state index contributed by atoms with van der Waals surface area (Å²) in [5.74, 6) is 0.572. The Morgan fingerprint density at radius 3 is 2.81 bits per heavy atom. The highest BCUT2D eigenvalue weighted by molar-refractivity contribution is 5.94. The van der Waals surface area contributed by atoms with E-state index < -0.39 is 0 Å². The first-order chi connectivity index (χ1) is 10.1. The van der Waals surface area contributed by atoms with Crippen LogP contribution in [0.1, 0.15) is 18.9 Å². The van der Waals surface area contributed by atoms with Crippen molar-refractivity contribution < 1.29 is 9.53 Å². The summed E-state index contributed by atoms with van der Waals surface area (Å²) in [6.07, 6.45) is 1.09. The Morgan fingerprint density at radius 2 is 2.19 bits per heavy atom. The average Bonchev–Trinajstić information content (AvgIpc) is 2.96. The Hall–Kier alpha value is -1.43. The van der Waals surface area contributed by atoms with Crippen molar-refractivity contribution in [1.29, 1.82) is 0 Å². The zero-order valence-electron chi connectivity index (χ0n) is 12.8. The molecule has 21 heavy (non-hydrogen) atoms. The van der Waals surface area contributed by atoms with Crippen molar-refractivity contribution in [2.24, 2.45) is 11.7 Å². The van der Waals surface area contributed by atoms with E-state index in [1.807, 2.05) is 31.2 Å². The van der Waals surface area contributed by atoms with Gasteiger partial charge in [-0.2, -0.15) is 0 Å². The minimum absolute atomic E-state index is 0.0357. The van der Waals surface area contributed by atoms with Crippen molar-refractivity contribution in [3.05, 3.63) is 29.8 Å². The van der Waals surface area contributed by atoms with Crippen molar-refractivity contribution in [3.63, 3.8) is 0 Å². The number of carbonyl (C=O) groups excluding carboxylic acids is 1. The van der Waals surface area contributed by atoms with Gasteiger partial charge in [-0.15, -0.1) is 0 Å². The molecule has 5 heteroatoms. The molecular weight excluding hydrogens is 266 g/mol. The summed E-state index contributed by atoms with van der Waals surface area (Å²) in [6.45, 7) is 5.12. The minimum Gasteiger partial charge on any atom is -0.384 e. The molecular formula is C16H25N3O2. The molecule has 2 atom stereocenters. The number of nitrogens with two attached hydrogens (primary N) is 1. The predicted molar refractivity (Wildman–Crippen MR) is 84.0 cm³/mol. The fourth-order valence-corrected chi connectivity index (χ4v) is 2.72. The summed E-state index contributed by atoms with van der Waals surface area (Å²) in [4.78, 5) is 14.5. The fourth-order valence-electron chi connectivity index (χ4n) is 2.72. The summed E-state index contributed by atoms with van der Waals surface area (Å²) in [5.41, 5.74) is 7.44. The van der Waals surface area contributed by atoms with Crippen LogP contribution in [0.4, 0.5) is 5.69 Å². The van der Waals surface area contributed by atoms with Gasteiger partial charge in [0.25, 0.3) is 0 Å². The molecule has 1 aliphatic heterocycles. The van der Waals surface area contributed by atoms with Crippen LogP contribution in [0, 0.1) is 5.92 Å². The third-order valence-corrected chi connectivity index (χ3v) is 4.10. The third kappa shape index (κ3) is 4.27. The van der Waals surface area contributed by atoms with Crippen molar-refractivity contribution in [3.8, 4) is 0 Å². The van der Waals surface area contributed by atoms with E-state index in [0.29, 0.717) is 12.5 Å². The second-order valence-corrected chi connectivity index (χ2v) is 5.67. The van der Waals surface area contributed by atoms with Crippen LogP contribution in [-0.4, -0.2) is 43.7 Å². The third-order valence-electron chi connectivity index (χ3n) is 4.10. The molecule has 0 saturated carbocycles. The number of carbonyl (C=O) groups is 1. The normalized spacial score (nSPS) is 20.4. The van der Waals surface area contributed by atoms with Gasteiger partial charge in [0, 0.05) is 25.9 Å². The molecule has 0 bridgehead atoms. The van der Waals surface area contributed by atoms with Gasteiger partial charge in [-0.05, 0) is 43.5 Å². The number of anilines is 1. The van der Waals surface area contributed by atoms with E-state index in [-0.39, 0.29) is 11.9 Å². The summed E-state index contributed by atoms with van der Waals surface area (Å²) < 4.78 is 5.19. The van der Waals surface area contributed by atoms with E-state index in [1.54, 1.807) is 7.11 Å². The monoisotopic (exact) mass is 291 g/mol. The number of ether oxygens (including phenoxy) is 1. The Balaban J connectivity index is 1.87. The number of amides is 1. The second kappa shape index (κ2) is 7.54. The number of rotatable bonds is 6. The molecule has 2 rings (SSSR count). The zero-order chi connectivity index (χ0) is 15.2. The van der Waals surface area contributed by atoms with Gasteiger partial charge < -0.3 is 15.8 Å². The van der Waals surface area contributed by atoms with Crippen molar-refractivity contribution in [2.45, 2.75) is 25.9 Å². The van der Waals surface area contributed by atoms with Crippen LogP contribution in [0.25, 0.3) is 0 Å². The highest BCUT2D eigenvalue weighted by atomic mass is 16.5. The van der Waals surface area contributed by atoms with Crippen molar-refractivity contribution in [1.82, 2.24) is 4.90 Å². The van der Waals surface area contributed by atoms with Gasteiger partial charge in [-0.25, -0.2) is 0 Å². The standard InChI is InChI=1S/C16H25N3O2/c1-12(19-8-7-14(10-19)11-21-2)16(20)18-15-5-3-13(9-17)4-6-15/h3-6,12,14H,7-11,17H2,1-2H3,(H,18,20). The molecule has 1 fully saturated rings. The first-order valence-electron chi connectivity index (χ1n) is 7.47. The fraction of sp³-hybridized carbons (Fsp3) is 0.562. The van der Waals surface area contributed by atoms with Crippen LogP contribution in [-0.2, 0) is 16.1 Å². The Labute approximate surface area is 126 Å². The topological polar surface area (TPSA) is 67.6 Å². The van der Waals surface area contributed by atoms with Crippen LogP contribution in [0.15, 0.2) is 24.3 Å². The lowest BCUT2D eigenvalue weighted by atomic mass is 10.1. The second-order valence-electron chi connectivity index (χ2n) is 5.67. The van der Waals surface area contributed by atoms with Crippen LogP contribution in [0.5, 0.6) is 0 Å². The highest BCUT2D eigenvalue weighted by Crippen LogP contribution is 2.19. The van der Waals surface area contributed by atoms with Crippen LogP contribution in [0.2, 0.25) is 0 Å². The predicted octanol–water partition coefficient (Wildman–Crippen LogP) is 1.44. The molecule has 2 unspecified atom stereocenters. The van der Waals surface area contributed by atoms with E-state index in [9.17, 15) is 4.79 Å². The molecule has 5 nitrogen and oxygen atoms in total. The maximum Gasteiger partial charge on any atom is 0.241 e. The Morgan fingerprint density at radius 1 is 1.48 bits per heavy atom. The quantitative estimate of drug-likeness (QED) is 0.832. The average molecular weight is 291 g/mol. The number of nitrogens with zero attached hydrogens (tertiary/aromatic N) is 1. The maximum atomic E-state index is 12.3. The molecule has 1 heterocycles. The van der Waals surface area contributed by atoms with Gasteiger partial charge >= 0.3 is 0 Å². The van der Waals surface area contributed by atoms with Crippen molar-refractivity contribution in [2.75, 3.05) is 32.1 Å². The van der Waals surface area contributed by atoms with Gasteiger partial charge in [0.1, 0.15) is 0 Å². The van der Waals surface area contributed by atoms with Crippen molar-refractivity contribution >= 4 is 11.6 Å². The van der Waals surface area contributed by atoms with E-state index >= 15 is 0 Å². The smallest absolute Gasteiger partial charge is 0.241 e. The number of hydrogen-bond acceptors (Lipinski definition) is 4. The molecule has 3 N–H and O–H groups in total. The minimum atomic E-state index is -0.124. The van der Waals surface area contributed by atoms with Crippen LogP contribution < -0.4 is 11.1 Å². The zero-order valence-corrected chi connectivity index (χ0v) is 12.8. The Kier molecular flexibility index (Phi) is 5.73. The van der Waals surface area contributed by atoms with E-state index in [2.05, 4.69) is 10.2 Å². The molecule has 1 amide bonds. The lowest BCUT2D eigenvalue weighted by molar-refractivity contribution is -0.120. The molecule has 116 valence electrons. The summed E-state index contributed by atoms with van der Waals surface area (Å²) in [5, 5.41) is 2.96. The largest absolute Gasteiger partial charge is 0.384 e.